The Morgan fingerprint density at radius 3 is 2.66 bits per heavy atom. The van der Waals surface area contributed by atoms with E-state index in [9.17, 15) is 8.78 Å². The number of benzene rings is 3. The maximum atomic E-state index is 14.1. The van der Waals surface area contributed by atoms with Crippen molar-refractivity contribution in [2.75, 3.05) is 20.3 Å². The fourth-order valence-corrected chi connectivity index (χ4v) is 3.77. The van der Waals surface area contributed by atoms with Gasteiger partial charge < -0.3 is 9.47 Å². The van der Waals surface area contributed by atoms with E-state index in [0.29, 0.717) is 37.6 Å². The Morgan fingerprint density at radius 2 is 1.90 bits per heavy atom. The molecule has 0 fully saturated rings. The zero-order valence-electron chi connectivity index (χ0n) is 16.5. The van der Waals surface area contributed by atoms with Crippen molar-refractivity contribution in [1.82, 2.24) is 4.90 Å². The van der Waals surface area contributed by atoms with Gasteiger partial charge in [0.15, 0.2) is 11.5 Å². The summed E-state index contributed by atoms with van der Waals surface area (Å²) in [5.74, 6) is 0.326. The predicted molar refractivity (Wildman–Crippen MR) is 109 cm³/mol. The van der Waals surface area contributed by atoms with Gasteiger partial charge in [0.25, 0.3) is 0 Å². The Morgan fingerprint density at radius 1 is 1.07 bits per heavy atom. The van der Waals surface area contributed by atoms with E-state index >= 15 is 0 Å². The molecule has 1 heterocycles. The first-order valence-electron chi connectivity index (χ1n) is 9.61. The Bertz CT molecular complexity index is 1040. The number of aryl methyl sites for hydroxylation is 1. The van der Waals surface area contributed by atoms with Crippen molar-refractivity contribution >= 4 is 0 Å². The van der Waals surface area contributed by atoms with Crippen molar-refractivity contribution in [3.8, 4) is 22.6 Å². The molecule has 5 heteroatoms. The lowest BCUT2D eigenvalue weighted by atomic mass is 9.97. The standard InChI is InChI=1S/C24H23F2NO2/c1-16-5-3-4-6-21(16)18-11-19-15-27(9-10-29-24(19)23(12-18)28-2)14-17-7-8-20(25)13-22(17)26/h3-8,11-13H,9-10,14-15H2,1-2H3. The molecular formula is C24H23F2NO2. The van der Waals surface area contributed by atoms with Gasteiger partial charge in [-0.3, -0.25) is 4.90 Å². The van der Waals surface area contributed by atoms with E-state index in [1.165, 1.54) is 17.7 Å². The van der Waals surface area contributed by atoms with Gasteiger partial charge in [0.05, 0.1) is 7.11 Å². The lowest BCUT2D eigenvalue weighted by molar-refractivity contribution is 0.215. The van der Waals surface area contributed by atoms with Crippen molar-refractivity contribution in [2.24, 2.45) is 0 Å². The van der Waals surface area contributed by atoms with Crippen LogP contribution in [0.3, 0.4) is 0 Å². The van der Waals surface area contributed by atoms with E-state index in [2.05, 4.69) is 30.0 Å². The molecule has 0 saturated carbocycles. The van der Waals surface area contributed by atoms with Crippen LogP contribution < -0.4 is 9.47 Å². The van der Waals surface area contributed by atoms with Gasteiger partial charge in [-0.2, -0.15) is 0 Å². The zero-order chi connectivity index (χ0) is 20.4. The Balaban J connectivity index is 1.68. The summed E-state index contributed by atoms with van der Waals surface area (Å²) < 4.78 is 39.0. The molecule has 3 aromatic carbocycles. The van der Waals surface area contributed by atoms with Gasteiger partial charge in [-0.25, -0.2) is 8.78 Å². The second-order valence-electron chi connectivity index (χ2n) is 7.28. The van der Waals surface area contributed by atoms with Gasteiger partial charge in [0.2, 0.25) is 0 Å². The lowest BCUT2D eigenvalue weighted by Crippen LogP contribution is -2.25. The molecule has 1 aliphatic rings. The third-order valence-electron chi connectivity index (χ3n) is 5.26. The molecule has 0 aliphatic carbocycles. The largest absolute Gasteiger partial charge is 0.493 e. The number of nitrogens with zero attached hydrogens (tertiary/aromatic N) is 1. The third-order valence-corrected chi connectivity index (χ3v) is 5.26. The van der Waals surface area contributed by atoms with Crippen LogP contribution in [0.5, 0.6) is 11.5 Å². The number of rotatable bonds is 4. The van der Waals surface area contributed by atoms with Crippen LogP contribution in [0, 0.1) is 18.6 Å². The second kappa shape index (κ2) is 8.21. The van der Waals surface area contributed by atoms with Gasteiger partial charge >= 0.3 is 0 Å². The van der Waals surface area contributed by atoms with Crippen LogP contribution in [-0.4, -0.2) is 25.2 Å². The van der Waals surface area contributed by atoms with Crippen LogP contribution in [0.2, 0.25) is 0 Å². The van der Waals surface area contributed by atoms with Gasteiger partial charge in [-0.15, -0.1) is 0 Å². The van der Waals surface area contributed by atoms with Crippen LogP contribution in [0.1, 0.15) is 16.7 Å². The van der Waals surface area contributed by atoms with Crippen LogP contribution in [0.4, 0.5) is 8.78 Å². The minimum Gasteiger partial charge on any atom is -0.493 e. The molecule has 0 radical (unpaired) electrons. The minimum atomic E-state index is -0.566. The number of halogens is 2. The van der Waals surface area contributed by atoms with E-state index in [4.69, 9.17) is 9.47 Å². The topological polar surface area (TPSA) is 21.7 Å². The molecule has 0 amide bonds. The van der Waals surface area contributed by atoms with Crippen molar-refractivity contribution in [2.45, 2.75) is 20.0 Å². The maximum Gasteiger partial charge on any atom is 0.165 e. The van der Waals surface area contributed by atoms with Crippen LogP contribution in [0.15, 0.2) is 54.6 Å². The molecule has 0 unspecified atom stereocenters. The minimum absolute atomic E-state index is 0.381. The molecule has 0 N–H and O–H groups in total. The normalized spacial score (nSPS) is 14.1. The summed E-state index contributed by atoms with van der Waals surface area (Å²) in [6, 6.07) is 16.0. The Kier molecular flexibility index (Phi) is 5.49. The van der Waals surface area contributed by atoms with Crippen molar-refractivity contribution in [3.05, 3.63) is 82.9 Å². The highest BCUT2D eigenvalue weighted by Crippen LogP contribution is 2.39. The number of hydrogen-bond donors (Lipinski definition) is 0. The van der Waals surface area contributed by atoms with Gasteiger partial charge in [0, 0.05) is 36.8 Å². The molecule has 0 spiro atoms. The van der Waals surface area contributed by atoms with Crippen LogP contribution in [0.25, 0.3) is 11.1 Å². The molecule has 150 valence electrons. The number of hydrogen-bond acceptors (Lipinski definition) is 3. The Labute approximate surface area is 169 Å². The van der Waals surface area contributed by atoms with Gasteiger partial charge in [-0.1, -0.05) is 30.3 Å². The van der Waals surface area contributed by atoms with E-state index in [-0.39, 0.29) is 0 Å². The fraction of sp³-hybridized carbons (Fsp3) is 0.250. The highest BCUT2D eigenvalue weighted by molar-refractivity contribution is 5.71. The molecule has 0 aromatic heterocycles. The molecule has 3 aromatic rings. The predicted octanol–water partition coefficient (Wildman–Crippen LogP) is 5.34. The van der Waals surface area contributed by atoms with Crippen LogP contribution >= 0.6 is 0 Å². The summed E-state index contributed by atoms with van der Waals surface area (Å²) in [7, 11) is 1.64. The Hall–Kier alpha value is -2.92. The lowest BCUT2D eigenvalue weighted by Gasteiger charge is -2.20. The molecular weight excluding hydrogens is 372 g/mol. The second-order valence-corrected chi connectivity index (χ2v) is 7.28. The molecule has 29 heavy (non-hydrogen) atoms. The van der Waals surface area contributed by atoms with Crippen LogP contribution in [-0.2, 0) is 13.1 Å². The molecule has 0 atom stereocenters. The average molecular weight is 395 g/mol. The molecule has 0 saturated heterocycles. The number of methoxy groups -OCH3 is 1. The van der Waals surface area contributed by atoms with E-state index in [0.717, 1.165) is 28.5 Å². The third kappa shape index (κ3) is 4.10. The first-order valence-corrected chi connectivity index (χ1v) is 9.61. The highest BCUT2D eigenvalue weighted by atomic mass is 19.1. The average Bonchev–Trinajstić information content (AvgIpc) is 2.91. The fourth-order valence-electron chi connectivity index (χ4n) is 3.77. The first-order chi connectivity index (χ1) is 14.0. The molecule has 0 bridgehead atoms. The summed E-state index contributed by atoms with van der Waals surface area (Å²) in [5, 5.41) is 0. The van der Waals surface area contributed by atoms with E-state index in [1.807, 2.05) is 18.2 Å². The monoisotopic (exact) mass is 395 g/mol. The van der Waals surface area contributed by atoms with Crippen molar-refractivity contribution < 1.29 is 18.3 Å². The smallest absolute Gasteiger partial charge is 0.165 e. The summed E-state index contributed by atoms with van der Waals surface area (Å²) in [5.41, 5.74) is 4.82. The zero-order valence-corrected chi connectivity index (χ0v) is 16.5. The molecule has 1 aliphatic heterocycles. The van der Waals surface area contributed by atoms with Gasteiger partial charge in [0.1, 0.15) is 18.2 Å². The SMILES string of the molecule is COc1cc(-c2ccccc2C)cc2c1OCCN(Cc1ccc(F)cc1F)C2. The molecule has 4 rings (SSSR count). The van der Waals surface area contributed by atoms with Crippen molar-refractivity contribution in [3.63, 3.8) is 0 Å². The van der Waals surface area contributed by atoms with E-state index < -0.39 is 11.6 Å². The highest BCUT2D eigenvalue weighted by Gasteiger charge is 2.21. The summed E-state index contributed by atoms with van der Waals surface area (Å²) in [6.07, 6.45) is 0. The maximum absolute atomic E-state index is 14.1. The summed E-state index contributed by atoms with van der Waals surface area (Å²) in [4.78, 5) is 2.10. The van der Waals surface area contributed by atoms with Crippen molar-refractivity contribution in [1.29, 1.82) is 0 Å². The quantitative estimate of drug-likeness (QED) is 0.595. The molecule has 3 nitrogen and oxygen atoms in total. The first kappa shape index (κ1) is 19.4. The summed E-state index contributed by atoms with van der Waals surface area (Å²) >= 11 is 0. The number of fused-ring (bicyclic) bond motifs is 1. The van der Waals surface area contributed by atoms with E-state index in [1.54, 1.807) is 7.11 Å². The van der Waals surface area contributed by atoms with Gasteiger partial charge in [-0.05, 0) is 41.8 Å². The number of ether oxygens (including phenoxy) is 2. The summed E-state index contributed by atoms with van der Waals surface area (Å²) in [6.45, 7) is 4.14.